The minimum Gasteiger partial charge on any atom is -0.494 e. The maximum atomic E-state index is 12.9. The Morgan fingerprint density at radius 1 is 0.936 bits per heavy atom. The molecule has 0 spiro atoms. The summed E-state index contributed by atoms with van der Waals surface area (Å²) in [7, 11) is 2.04. The molecule has 0 aliphatic carbocycles. The molecule has 4 rings (SSSR count). The molecule has 1 aromatic heterocycles. The highest BCUT2D eigenvalue weighted by Crippen LogP contribution is 2.31. The molecule has 0 fully saturated rings. The fourth-order valence-corrected chi connectivity index (χ4v) is 5.27. The largest absolute Gasteiger partial charge is 0.494 e. The van der Waals surface area contributed by atoms with Crippen molar-refractivity contribution in [3.63, 3.8) is 0 Å². The Kier molecular flexibility index (Phi) is 14.4. The number of aliphatic carboxylic acids is 1. The van der Waals surface area contributed by atoms with Crippen LogP contribution in [0.15, 0.2) is 72.1 Å². The monoisotopic (exact) mass is 646 g/mol. The molecule has 1 aliphatic rings. The van der Waals surface area contributed by atoms with E-state index in [2.05, 4.69) is 32.4 Å². The van der Waals surface area contributed by atoms with Gasteiger partial charge in [0.15, 0.2) is 0 Å². The number of carbonyl (C=O) groups is 2. The average molecular weight is 647 g/mol. The highest BCUT2D eigenvalue weighted by Gasteiger charge is 2.34. The molecule has 1 aliphatic heterocycles. The van der Waals surface area contributed by atoms with Gasteiger partial charge in [0, 0.05) is 50.9 Å². The summed E-state index contributed by atoms with van der Waals surface area (Å²) in [5.41, 5.74) is 3.37. The molecular formula is C35H46N6O6. The first-order chi connectivity index (χ1) is 22.9. The van der Waals surface area contributed by atoms with Crippen LogP contribution in [0.3, 0.4) is 0 Å². The Balaban J connectivity index is 1.12. The van der Waals surface area contributed by atoms with Crippen molar-refractivity contribution < 1.29 is 28.9 Å². The van der Waals surface area contributed by atoms with Crippen molar-refractivity contribution in [3.05, 3.63) is 83.9 Å². The van der Waals surface area contributed by atoms with Crippen LogP contribution in [-0.4, -0.2) is 90.4 Å². The van der Waals surface area contributed by atoms with Crippen LogP contribution in [0.1, 0.15) is 66.7 Å². The Hall–Kier alpha value is -4.55. The van der Waals surface area contributed by atoms with Gasteiger partial charge in [-0.3, -0.25) is 9.79 Å². The molecule has 12 heteroatoms. The molecule has 12 nitrogen and oxygen atoms in total. The SMILES string of the molecule is CCC1N=C(CNc2cccc(C(=O)NCc3ccc(OCCCCCOCCCOCC(=O)O)cc3)c2)N(C)C1c1ccncn1. The van der Waals surface area contributed by atoms with Crippen LogP contribution in [0.5, 0.6) is 5.75 Å². The number of hydrogen-bond donors (Lipinski definition) is 3. The molecule has 0 saturated heterocycles. The highest BCUT2D eigenvalue weighted by molar-refractivity contribution is 5.95. The van der Waals surface area contributed by atoms with Crippen molar-refractivity contribution in [1.82, 2.24) is 20.2 Å². The van der Waals surface area contributed by atoms with Crippen LogP contribution >= 0.6 is 0 Å². The van der Waals surface area contributed by atoms with Crippen molar-refractivity contribution in [2.24, 2.45) is 4.99 Å². The zero-order valence-electron chi connectivity index (χ0n) is 27.3. The number of nitrogens with one attached hydrogen (secondary N) is 2. The number of likely N-dealkylation sites (N-methyl/N-ethyl adjacent to an activating group) is 1. The average Bonchev–Trinajstić information content (AvgIpc) is 3.42. The lowest BCUT2D eigenvalue weighted by molar-refractivity contribution is -0.142. The lowest BCUT2D eigenvalue weighted by atomic mass is 10.0. The van der Waals surface area contributed by atoms with Crippen molar-refractivity contribution in [2.45, 2.75) is 57.7 Å². The summed E-state index contributed by atoms with van der Waals surface area (Å²) < 4.78 is 16.4. The lowest BCUT2D eigenvalue weighted by Crippen LogP contribution is -2.33. The van der Waals surface area contributed by atoms with Gasteiger partial charge in [0.25, 0.3) is 5.91 Å². The molecule has 2 unspecified atom stereocenters. The summed E-state index contributed by atoms with van der Waals surface area (Å²) in [6.07, 6.45) is 7.78. The first-order valence-corrected chi connectivity index (χ1v) is 16.2. The van der Waals surface area contributed by atoms with E-state index in [4.69, 9.17) is 24.3 Å². The summed E-state index contributed by atoms with van der Waals surface area (Å²) in [4.78, 5) is 38.9. The molecule has 3 aromatic rings. The second-order valence-electron chi connectivity index (χ2n) is 11.3. The summed E-state index contributed by atoms with van der Waals surface area (Å²) in [6.45, 7) is 5.05. The van der Waals surface area contributed by atoms with E-state index in [1.807, 2.05) is 55.6 Å². The Morgan fingerprint density at radius 2 is 1.72 bits per heavy atom. The standard InChI is InChI=1S/C35H46N6O6/c1-3-30-34(31-15-16-36-25-39-31)41(2)32(40-30)23-37-28-10-7-9-27(21-28)35(44)38-22-26-11-13-29(14-12-26)47-20-6-4-5-17-45-18-8-19-46-24-33(42)43/h7,9-16,21,25,30,34,37H,3-6,8,17-20,22-24H2,1-2H3,(H,38,44)(H,42,43). The fraction of sp³-hybridized carbons (Fsp3) is 0.457. The maximum absolute atomic E-state index is 12.9. The number of hydrogen-bond acceptors (Lipinski definition) is 10. The number of amides is 1. The van der Waals surface area contributed by atoms with E-state index >= 15 is 0 Å². The zero-order chi connectivity index (χ0) is 33.3. The number of unbranched alkanes of at least 4 members (excludes halogenated alkanes) is 2. The number of aliphatic imine (C=N–C) groups is 1. The number of ether oxygens (including phenoxy) is 3. The van der Waals surface area contributed by atoms with E-state index in [0.29, 0.717) is 51.5 Å². The van der Waals surface area contributed by atoms with Crippen molar-refractivity contribution in [1.29, 1.82) is 0 Å². The zero-order valence-corrected chi connectivity index (χ0v) is 27.3. The van der Waals surface area contributed by atoms with Gasteiger partial charge in [-0.15, -0.1) is 0 Å². The molecular weight excluding hydrogens is 600 g/mol. The summed E-state index contributed by atoms with van der Waals surface area (Å²) in [5, 5.41) is 14.9. The molecule has 0 bridgehead atoms. The predicted octanol–water partition coefficient (Wildman–Crippen LogP) is 4.74. The summed E-state index contributed by atoms with van der Waals surface area (Å²) in [5.74, 6) is 0.639. The maximum Gasteiger partial charge on any atom is 0.329 e. The minimum atomic E-state index is -0.959. The fourth-order valence-electron chi connectivity index (χ4n) is 5.27. The van der Waals surface area contributed by atoms with Crippen LogP contribution < -0.4 is 15.4 Å². The quantitative estimate of drug-likeness (QED) is 0.139. The Morgan fingerprint density at radius 3 is 2.49 bits per heavy atom. The number of rotatable bonds is 21. The van der Waals surface area contributed by atoms with Crippen LogP contribution in [0.4, 0.5) is 5.69 Å². The van der Waals surface area contributed by atoms with E-state index in [0.717, 1.165) is 54.2 Å². The normalized spacial score (nSPS) is 15.7. The van der Waals surface area contributed by atoms with Crippen LogP contribution in [0.25, 0.3) is 0 Å². The first-order valence-electron chi connectivity index (χ1n) is 16.2. The molecule has 3 N–H and O–H groups in total. The smallest absolute Gasteiger partial charge is 0.329 e. The third-order valence-corrected chi connectivity index (χ3v) is 7.79. The number of carboxylic acids is 1. The van der Waals surface area contributed by atoms with Crippen LogP contribution in [0, 0.1) is 0 Å². The van der Waals surface area contributed by atoms with E-state index in [1.165, 1.54) is 0 Å². The van der Waals surface area contributed by atoms with Gasteiger partial charge < -0.3 is 34.9 Å². The topological polar surface area (TPSA) is 148 Å². The van der Waals surface area contributed by atoms with Crippen molar-refractivity contribution >= 4 is 23.4 Å². The number of nitrogens with zero attached hydrogens (tertiary/aromatic N) is 4. The molecule has 2 aromatic carbocycles. The molecule has 2 heterocycles. The van der Waals surface area contributed by atoms with Gasteiger partial charge in [0.2, 0.25) is 0 Å². The highest BCUT2D eigenvalue weighted by atomic mass is 16.5. The second kappa shape index (κ2) is 19.2. The molecule has 0 saturated carbocycles. The van der Waals surface area contributed by atoms with E-state index in [1.54, 1.807) is 18.6 Å². The van der Waals surface area contributed by atoms with Crippen LogP contribution in [0.2, 0.25) is 0 Å². The molecule has 1 amide bonds. The molecule has 2 atom stereocenters. The number of benzene rings is 2. The third-order valence-electron chi connectivity index (χ3n) is 7.79. The summed E-state index contributed by atoms with van der Waals surface area (Å²) >= 11 is 0. The van der Waals surface area contributed by atoms with Gasteiger partial charge in [-0.25, -0.2) is 14.8 Å². The molecule has 0 radical (unpaired) electrons. The third kappa shape index (κ3) is 11.6. The predicted molar refractivity (Wildman–Crippen MR) is 180 cm³/mol. The molecule has 252 valence electrons. The lowest BCUT2D eigenvalue weighted by Gasteiger charge is -2.26. The van der Waals surface area contributed by atoms with E-state index in [-0.39, 0.29) is 24.6 Å². The van der Waals surface area contributed by atoms with Gasteiger partial charge in [-0.05, 0) is 74.1 Å². The number of carbonyl (C=O) groups excluding carboxylic acids is 1. The van der Waals surface area contributed by atoms with Gasteiger partial charge >= 0.3 is 5.97 Å². The van der Waals surface area contributed by atoms with Gasteiger partial charge in [-0.2, -0.15) is 0 Å². The van der Waals surface area contributed by atoms with Gasteiger partial charge in [-0.1, -0.05) is 25.1 Å². The number of anilines is 1. The number of amidine groups is 1. The van der Waals surface area contributed by atoms with Crippen molar-refractivity contribution in [2.75, 3.05) is 51.9 Å². The van der Waals surface area contributed by atoms with Gasteiger partial charge in [0.05, 0.1) is 30.9 Å². The second-order valence-corrected chi connectivity index (χ2v) is 11.3. The van der Waals surface area contributed by atoms with Crippen molar-refractivity contribution in [3.8, 4) is 5.75 Å². The Labute approximate surface area is 276 Å². The number of aromatic nitrogens is 2. The van der Waals surface area contributed by atoms with Gasteiger partial charge in [0.1, 0.15) is 24.5 Å². The van der Waals surface area contributed by atoms with E-state index in [9.17, 15) is 9.59 Å². The molecule has 47 heavy (non-hydrogen) atoms. The summed E-state index contributed by atoms with van der Waals surface area (Å²) in [6, 6.07) is 17.4. The van der Waals surface area contributed by atoms with Crippen LogP contribution in [-0.2, 0) is 20.8 Å². The van der Waals surface area contributed by atoms with E-state index < -0.39 is 5.97 Å². The first kappa shape index (κ1) is 35.3. The number of carboxylic acid groups (broad SMARTS) is 1. The minimum absolute atomic E-state index is 0.0756. The Bertz CT molecular complexity index is 1420.